The first kappa shape index (κ1) is 29.2. The molecular weight excluding hydrogens is 496 g/mol. The summed E-state index contributed by atoms with van der Waals surface area (Å²) in [5.74, 6) is 1.07. The SMILES string of the molecule is CCCN(CC(=O)N(CCc1ccc(OC)c(OC)c1)Cc1sccc1C)C(=O)C(CC)c1ccccc1. The van der Waals surface area contributed by atoms with Gasteiger partial charge < -0.3 is 19.3 Å². The van der Waals surface area contributed by atoms with Crippen LogP contribution in [-0.4, -0.2) is 55.5 Å². The highest BCUT2D eigenvalue weighted by Gasteiger charge is 2.27. The topological polar surface area (TPSA) is 59.1 Å². The molecule has 0 fully saturated rings. The number of nitrogens with zero attached hydrogens (tertiary/aromatic N) is 2. The van der Waals surface area contributed by atoms with Crippen molar-refractivity contribution in [2.24, 2.45) is 0 Å². The Morgan fingerprint density at radius 1 is 0.921 bits per heavy atom. The molecule has 2 amide bonds. The molecular formula is C31H40N2O4S. The number of amides is 2. The van der Waals surface area contributed by atoms with Gasteiger partial charge >= 0.3 is 0 Å². The van der Waals surface area contributed by atoms with Crippen LogP contribution >= 0.6 is 11.3 Å². The van der Waals surface area contributed by atoms with Crippen molar-refractivity contribution in [1.29, 1.82) is 0 Å². The van der Waals surface area contributed by atoms with Gasteiger partial charge in [-0.15, -0.1) is 11.3 Å². The number of thiophene rings is 1. The van der Waals surface area contributed by atoms with Crippen molar-refractivity contribution < 1.29 is 19.1 Å². The largest absolute Gasteiger partial charge is 0.493 e. The second-order valence-corrected chi connectivity index (χ2v) is 10.4. The maximum absolute atomic E-state index is 13.8. The maximum Gasteiger partial charge on any atom is 0.242 e. The Bertz CT molecular complexity index is 1180. The first-order valence-corrected chi connectivity index (χ1v) is 14.1. The quantitative estimate of drug-likeness (QED) is 0.251. The van der Waals surface area contributed by atoms with E-state index in [-0.39, 0.29) is 24.3 Å². The van der Waals surface area contributed by atoms with Gasteiger partial charge in [0.2, 0.25) is 11.8 Å². The van der Waals surface area contributed by atoms with E-state index in [9.17, 15) is 9.59 Å². The molecule has 7 heteroatoms. The Hall–Kier alpha value is -3.32. The van der Waals surface area contributed by atoms with Crippen LogP contribution in [0.2, 0.25) is 0 Å². The van der Waals surface area contributed by atoms with E-state index in [1.54, 1.807) is 30.5 Å². The summed E-state index contributed by atoms with van der Waals surface area (Å²) in [4.78, 5) is 32.2. The number of hydrogen-bond acceptors (Lipinski definition) is 5. The van der Waals surface area contributed by atoms with Crippen LogP contribution in [-0.2, 0) is 22.6 Å². The lowest BCUT2D eigenvalue weighted by Gasteiger charge is -2.30. The van der Waals surface area contributed by atoms with E-state index in [0.717, 1.165) is 22.4 Å². The van der Waals surface area contributed by atoms with E-state index in [0.29, 0.717) is 44.0 Å². The fourth-order valence-electron chi connectivity index (χ4n) is 4.59. The highest BCUT2D eigenvalue weighted by Crippen LogP contribution is 2.28. The minimum atomic E-state index is -0.254. The summed E-state index contributed by atoms with van der Waals surface area (Å²) in [6.45, 7) is 7.83. The standard InChI is InChI=1S/C31H40N2O4S/c1-6-17-33(31(35)26(7-2)25-11-9-8-10-12-25)22-30(34)32(21-29-23(3)16-19-38-29)18-15-24-13-14-27(36-4)28(20-24)37-5/h8-14,16,19-20,26H,6-7,15,17-18,21-22H2,1-5H3. The van der Waals surface area contributed by atoms with Gasteiger partial charge in [0.15, 0.2) is 11.5 Å². The molecule has 3 rings (SSSR count). The summed E-state index contributed by atoms with van der Waals surface area (Å²) in [6, 6.07) is 17.8. The smallest absolute Gasteiger partial charge is 0.242 e. The number of methoxy groups -OCH3 is 2. The number of rotatable bonds is 14. The minimum absolute atomic E-state index is 0.0149. The highest BCUT2D eigenvalue weighted by molar-refractivity contribution is 7.10. The van der Waals surface area contributed by atoms with Crippen LogP contribution in [0.25, 0.3) is 0 Å². The molecule has 2 aromatic carbocycles. The van der Waals surface area contributed by atoms with Crippen LogP contribution in [0.15, 0.2) is 60.0 Å². The summed E-state index contributed by atoms with van der Waals surface area (Å²) < 4.78 is 10.8. The van der Waals surface area contributed by atoms with Gasteiger partial charge in [0.1, 0.15) is 0 Å². The average molecular weight is 537 g/mol. The zero-order valence-corrected chi connectivity index (χ0v) is 24.1. The Labute approximate surface area is 231 Å². The Kier molecular flexibility index (Phi) is 11.2. The first-order valence-electron chi connectivity index (χ1n) is 13.3. The molecule has 0 aliphatic carbocycles. The summed E-state index contributed by atoms with van der Waals surface area (Å²) in [5, 5.41) is 2.06. The molecule has 1 aromatic heterocycles. The number of carbonyl (C=O) groups excluding carboxylic acids is 2. The van der Waals surface area contributed by atoms with Crippen molar-refractivity contribution in [2.75, 3.05) is 33.9 Å². The average Bonchev–Trinajstić information content (AvgIpc) is 3.35. The van der Waals surface area contributed by atoms with Crippen molar-refractivity contribution in [2.45, 2.75) is 52.5 Å². The fraction of sp³-hybridized carbons (Fsp3) is 0.419. The van der Waals surface area contributed by atoms with Gasteiger partial charge in [-0.1, -0.05) is 50.2 Å². The van der Waals surface area contributed by atoms with Crippen molar-refractivity contribution in [3.63, 3.8) is 0 Å². The van der Waals surface area contributed by atoms with Gasteiger partial charge in [0.25, 0.3) is 0 Å². The molecule has 0 spiro atoms. The normalized spacial score (nSPS) is 11.6. The zero-order valence-electron chi connectivity index (χ0n) is 23.2. The summed E-state index contributed by atoms with van der Waals surface area (Å²) in [5.41, 5.74) is 3.23. The van der Waals surface area contributed by atoms with Gasteiger partial charge in [0, 0.05) is 18.0 Å². The third kappa shape index (κ3) is 7.60. The molecule has 0 N–H and O–H groups in total. The molecule has 38 heavy (non-hydrogen) atoms. The lowest BCUT2D eigenvalue weighted by molar-refractivity contribution is -0.141. The zero-order chi connectivity index (χ0) is 27.5. The van der Waals surface area contributed by atoms with Gasteiger partial charge in [0.05, 0.1) is 33.2 Å². The van der Waals surface area contributed by atoms with Crippen molar-refractivity contribution in [3.8, 4) is 11.5 Å². The van der Waals surface area contributed by atoms with E-state index in [1.165, 1.54) is 5.56 Å². The second-order valence-electron chi connectivity index (χ2n) is 9.41. The number of benzene rings is 2. The Balaban J connectivity index is 1.79. The monoisotopic (exact) mass is 536 g/mol. The number of hydrogen-bond donors (Lipinski definition) is 0. The van der Waals surface area contributed by atoms with Crippen LogP contribution in [0.5, 0.6) is 11.5 Å². The Morgan fingerprint density at radius 2 is 1.66 bits per heavy atom. The minimum Gasteiger partial charge on any atom is -0.493 e. The second kappa shape index (κ2) is 14.6. The molecule has 6 nitrogen and oxygen atoms in total. The molecule has 204 valence electrons. The van der Waals surface area contributed by atoms with Crippen LogP contribution in [0.1, 0.15) is 54.2 Å². The van der Waals surface area contributed by atoms with Crippen LogP contribution in [0, 0.1) is 6.92 Å². The lowest BCUT2D eigenvalue weighted by atomic mass is 9.95. The molecule has 0 aliphatic heterocycles. The number of carbonyl (C=O) groups is 2. The highest BCUT2D eigenvalue weighted by atomic mass is 32.1. The van der Waals surface area contributed by atoms with E-state index in [1.807, 2.05) is 67.3 Å². The van der Waals surface area contributed by atoms with Crippen molar-refractivity contribution in [1.82, 2.24) is 9.80 Å². The van der Waals surface area contributed by atoms with E-state index in [2.05, 4.69) is 18.4 Å². The van der Waals surface area contributed by atoms with E-state index in [4.69, 9.17) is 9.47 Å². The predicted octanol–water partition coefficient (Wildman–Crippen LogP) is 6.08. The van der Waals surface area contributed by atoms with E-state index < -0.39 is 0 Å². The molecule has 1 atom stereocenters. The molecule has 1 heterocycles. The molecule has 0 saturated carbocycles. The summed E-state index contributed by atoms with van der Waals surface area (Å²) in [6.07, 6.45) is 2.15. The fourth-order valence-corrected chi connectivity index (χ4v) is 5.51. The molecule has 1 unspecified atom stereocenters. The predicted molar refractivity (Wildman–Crippen MR) is 154 cm³/mol. The van der Waals surface area contributed by atoms with Gasteiger partial charge in [-0.05, 0) is 66.5 Å². The number of aryl methyl sites for hydroxylation is 1. The molecule has 0 radical (unpaired) electrons. The summed E-state index contributed by atoms with van der Waals surface area (Å²) in [7, 11) is 3.24. The van der Waals surface area contributed by atoms with Crippen molar-refractivity contribution >= 4 is 23.2 Å². The van der Waals surface area contributed by atoms with Crippen LogP contribution < -0.4 is 9.47 Å². The third-order valence-corrected chi connectivity index (χ3v) is 7.82. The lowest BCUT2D eigenvalue weighted by Crippen LogP contribution is -2.45. The maximum atomic E-state index is 13.8. The van der Waals surface area contributed by atoms with Crippen molar-refractivity contribution in [3.05, 3.63) is 81.5 Å². The Morgan fingerprint density at radius 3 is 2.26 bits per heavy atom. The third-order valence-electron chi connectivity index (χ3n) is 6.81. The van der Waals surface area contributed by atoms with Crippen LogP contribution in [0.4, 0.5) is 0 Å². The number of ether oxygens (including phenoxy) is 2. The van der Waals surface area contributed by atoms with E-state index >= 15 is 0 Å². The molecule has 0 saturated heterocycles. The van der Waals surface area contributed by atoms with Gasteiger partial charge in [-0.2, -0.15) is 0 Å². The molecule has 3 aromatic rings. The molecule has 0 aliphatic rings. The first-order chi connectivity index (χ1) is 18.4. The summed E-state index contributed by atoms with van der Waals surface area (Å²) >= 11 is 1.66. The van der Waals surface area contributed by atoms with Gasteiger partial charge in [-0.25, -0.2) is 0 Å². The van der Waals surface area contributed by atoms with Crippen LogP contribution in [0.3, 0.4) is 0 Å². The van der Waals surface area contributed by atoms with Gasteiger partial charge in [-0.3, -0.25) is 9.59 Å². The molecule has 0 bridgehead atoms.